The van der Waals surface area contributed by atoms with Gasteiger partial charge in [-0.25, -0.2) is 0 Å². The molecular weight excluding hydrogens is 408 g/mol. The van der Waals surface area contributed by atoms with Crippen molar-refractivity contribution >= 4 is 35.0 Å². The minimum atomic E-state index is -0.233. The van der Waals surface area contributed by atoms with Crippen LogP contribution in [0.25, 0.3) is 0 Å². The smallest absolute Gasteiger partial charge is 0.262 e. The standard InChI is InChI=1S/C25H24N2O3S/c1-2-18-8-6-11-21(14-18)27-24(29)17-31-25(27)19-9-7-10-20(15-19)26-23(28)16-30-22-12-4-3-5-13-22/h3-15,25H,2,16-17H2,1H3,(H,26,28)/t25-/m0/s1. The molecule has 1 aliphatic heterocycles. The average molecular weight is 433 g/mol. The maximum absolute atomic E-state index is 12.7. The topological polar surface area (TPSA) is 58.6 Å². The molecular formula is C25H24N2O3S. The fraction of sp³-hybridized carbons (Fsp3) is 0.200. The Kier molecular flexibility index (Phi) is 6.57. The van der Waals surface area contributed by atoms with E-state index in [4.69, 9.17) is 4.74 Å². The number of hydrogen-bond acceptors (Lipinski definition) is 4. The molecule has 0 aliphatic carbocycles. The van der Waals surface area contributed by atoms with Gasteiger partial charge in [0.05, 0.1) is 5.75 Å². The van der Waals surface area contributed by atoms with Crippen LogP contribution in [0.2, 0.25) is 0 Å². The second-order valence-corrected chi connectivity index (χ2v) is 8.29. The number of carbonyl (C=O) groups excluding carboxylic acids is 2. The molecule has 0 radical (unpaired) electrons. The van der Waals surface area contributed by atoms with E-state index >= 15 is 0 Å². The summed E-state index contributed by atoms with van der Waals surface area (Å²) in [5, 5.41) is 2.76. The van der Waals surface area contributed by atoms with Gasteiger partial charge < -0.3 is 10.1 Å². The second-order valence-electron chi connectivity index (χ2n) is 7.23. The third kappa shape index (κ3) is 5.09. The van der Waals surface area contributed by atoms with E-state index in [1.54, 1.807) is 11.8 Å². The molecule has 1 heterocycles. The summed E-state index contributed by atoms with van der Waals surface area (Å²) in [6.45, 7) is 2.03. The molecule has 5 nitrogen and oxygen atoms in total. The molecule has 0 unspecified atom stereocenters. The highest BCUT2D eigenvalue weighted by molar-refractivity contribution is 8.00. The van der Waals surface area contributed by atoms with Gasteiger partial charge in [0.1, 0.15) is 11.1 Å². The first-order chi connectivity index (χ1) is 15.1. The number of rotatable bonds is 7. The lowest BCUT2D eigenvalue weighted by Crippen LogP contribution is -2.28. The highest BCUT2D eigenvalue weighted by Gasteiger charge is 2.34. The van der Waals surface area contributed by atoms with E-state index in [1.165, 1.54) is 5.56 Å². The Balaban J connectivity index is 1.47. The Labute approximate surface area is 186 Å². The van der Waals surface area contributed by atoms with Gasteiger partial charge in [0.15, 0.2) is 6.61 Å². The number of amides is 2. The summed E-state index contributed by atoms with van der Waals surface area (Å²) in [7, 11) is 0. The molecule has 1 fully saturated rings. The number of para-hydroxylation sites is 1. The number of aryl methyl sites for hydroxylation is 1. The van der Waals surface area contributed by atoms with Crippen molar-refractivity contribution in [3.8, 4) is 5.75 Å². The van der Waals surface area contributed by atoms with Crippen LogP contribution in [0.1, 0.15) is 23.4 Å². The third-order valence-electron chi connectivity index (χ3n) is 5.03. The van der Waals surface area contributed by atoms with Crippen LogP contribution in [0.15, 0.2) is 78.9 Å². The number of nitrogens with one attached hydrogen (secondary N) is 1. The predicted octanol–water partition coefficient (Wildman–Crippen LogP) is 5.05. The largest absolute Gasteiger partial charge is 0.484 e. The molecule has 3 aromatic rings. The maximum Gasteiger partial charge on any atom is 0.262 e. The summed E-state index contributed by atoms with van der Waals surface area (Å²) in [6, 6.07) is 25.0. The van der Waals surface area contributed by atoms with E-state index in [9.17, 15) is 9.59 Å². The number of hydrogen-bond donors (Lipinski definition) is 1. The summed E-state index contributed by atoms with van der Waals surface area (Å²) < 4.78 is 5.51. The molecule has 3 aromatic carbocycles. The second kappa shape index (κ2) is 9.71. The fourth-order valence-corrected chi connectivity index (χ4v) is 4.68. The SMILES string of the molecule is CCc1cccc(N2C(=O)CS[C@H]2c2cccc(NC(=O)COc3ccccc3)c2)c1. The van der Waals surface area contributed by atoms with Crippen LogP contribution in [0.3, 0.4) is 0 Å². The van der Waals surface area contributed by atoms with Crippen LogP contribution in [-0.4, -0.2) is 24.2 Å². The van der Waals surface area contributed by atoms with Gasteiger partial charge in [-0.05, 0) is 53.9 Å². The molecule has 0 saturated carbocycles. The van der Waals surface area contributed by atoms with Crippen molar-refractivity contribution in [3.63, 3.8) is 0 Å². The van der Waals surface area contributed by atoms with Crippen LogP contribution in [0, 0.1) is 0 Å². The molecule has 0 aromatic heterocycles. The molecule has 0 bridgehead atoms. The van der Waals surface area contributed by atoms with E-state index in [2.05, 4.69) is 24.4 Å². The highest BCUT2D eigenvalue weighted by atomic mass is 32.2. The van der Waals surface area contributed by atoms with Gasteiger partial charge in [-0.15, -0.1) is 11.8 Å². The van der Waals surface area contributed by atoms with Crippen LogP contribution in [0.4, 0.5) is 11.4 Å². The van der Waals surface area contributed by atoms with Crippen molar-refractivity contribution < 1.29 is 14.3 Å². The van der Waals surface area contributed by atoms with Crippen molar-refractivity contribution in [3.05, 3.63) is 90.0 Å². The Morgan fingerprint density at radius 3 is 2.68 bits per heavy atom. The first-order valence-corrected chi connectivity index (χ1v) is 11.3. The van der Waals surface area contributed by atoms with E-state index in [-0.39, 0.29) is 23.8 Å². The van der Waals surface area contributed by atoms with Gasteiger partial charge in [0, 0.05) is 11.4 Å². The molecule has 1 aliphatic rings. The first-order valence-electron chi connectivity index (χ1n) is 10.2. The summed E-state index contributed by atoms with van der Waals surface area (Å²) in [5.41, 5.74) is 3.76. The van der Waals surface area contributed by atoms with Crippen LogP contribution < -0.4 is 15.0 Å². The van der Waals surface area contributed by atoms with Gasteiger partial charge in [-0.1, -0.05) is 49.4 Å². The summed E-state index contributed by atoms with van der Waals surface area (Å²) in [6.07, 6.45) is 0.917. The molecule has 1 saturated heterocycles. The van der Waals surface area contributed by atoms with E-state index in [1.807, 2.05) is 71.6 Å². The van der Waals surface area contributed by atoms with Crippen molar-refractivity contribution in [1.82, 2.24) is 0 Å². The number of nitrogens with zero attached hydrogens (tertiary/aromatic N) is 1. The first kappa shape index (κ1) is 21.0. The third-order valence-corrected chi connectivity index (χ3v) is 6.25. The van der Waals surface area contributed by atoms with Crippen LogP contribution in [-0.2, 0) is 16.0 Å². The number of carbonyl (C=O) groups is 2. The van der Waals surface area contributed by atoms with Gasteiger partial charge in [0.25, 0.3) is 5.91 Å². The Bertz CT molecular complexity index is 1070. The average Bonchev–Trinajstić information content (AvgIpc) is 3.20. The van der Waals surface area contributed by atoms with Gasteiger partial charge in [-0.3, -0.25) is 14.5 Å². The zero-order chi connectivity index (χ0) is 21.6. The van der Waals surface area contributed by atoms with Gasteiger partial charge in [0.2, 0.25) is 5.91 Å². The molecule has 4 rings (SSSR count). The monoisotopic (exact) mass is 432 g/mol. The van der Waals surface area contributed by atoms with Gasteiger partial charge >= 0.3 is 0 Å². The fourth-order valence-electron chi connectivity index (χ4n) is 3.51. The quantitative estimate of drug-likeness (QED) is 0.568. The predicted molar refractivity (Wildman–Crippen MR) is 126 cm³/mol. The zero-order valence-electron chi connectivity index (χ0n) is 17.3. The van der Waals surface area contributed by atoms with Crippen molar-refractivity contribution in [1.29, 1.82) is 0 Å². The highest BCUT2D eigenvalue weighted by Crippen LogP contribution is 2.42. The van der Waals surface area contributed by atoms with Crippen molar-refractivity contribution in [2.24, 2.45) is 0 Å². The molecule has 0 spiro atoms. The molecule has 1 atom stereocenters. The lowest BCUT2D eigenvalue weighted by atomic mass is 10.1. The molecule has 2 amide bonds. The van der Waals surface area contributed by atoms with E-state index < -0.39 is 0 Å². The minimum absolute atomic E-state index is 0.0686. The van der Waals surface area contributed by atoms with Crippen molar-refractivity contribution in [2.45, 2.75) is 18.7 Å². The Hall–Kier alpha value is -3.25. The summed E-state index contributed by atoms with van der Waals surface area (Å²) in [4.78, 5) is 26.8. The minimum Gasteiger partial charge on any atom is -0.484 e. The molecule has 6 heteroatoms. The van der Waals surface area contributed by atoms with E-state index in [0.717, 1.165) is 17.7 Å². The van der Waals surface area contributed by atoms with E-state index in [0.29, 0.717) is 17.2 Å². The number of thioether (sulfide) groups is 1. The normalized spacial score (nSPS) is 15.7. The molecule has 158 valence electrons. The van der Waals surface area contributed by atoms with Crippen LogP contribution in [0.5, 0.6) is 5.75 Å². The van der Waals surface area contributed by atoms with Gasteiger partial charge in [-0.2, -0.15) is 0 Å². The molecule has 1 N–H and O–H groups in total. The Morgan fingerprint density at radius 2 is 1.87 bits per heavy atom. The number of benzene rings is 3. The number of ether oxygens (including phenoxy) is 1. The maximum atomic E-state index is 12.7. The lowest BCUT2D eigenvalue weighted by Gasteiger charge is -2.25. The number of anilines is 2. The molecule has 31 heavy (non-hydrogen) atoms. The zero-order valence-corrected chi connectivity index (χ0v) is 18.1. The lowest BCUT2D eigenvalue weighted by molar-refractivity contribution is -0.118. The van der Waals surface area contributed by atoms with Crippen molar-refractivity contribution in [2.75, 3.05) is 22.6 Å². The summed E-state index contributed by atoms with van der Waals surface area (Å²) >= 11 is 1.59. The van der Waals surface area contributed by atoms with Crippen LogP contribution >= 0.6 is 11.8 Å². The Morgan fingerprint density at radius 1 is 1.06 bits per heavy atom. The summed E-state index contributed by atoms with van der Waals surface area (Å²) in [5.74, 6) is 0.942.